The van der Waals surface area contributed by atoms with Crippen molar-refractivity contribution in [2.24, 2.45) is 0 Å². The fourth-order valence-electron chi connectivity index (χ4n) is 2.36. The van der Waals surface area contributed by atoms with Crippen LogP contribution >= 0.6 is 11.6 Å². The summed E-state index contributed by atoms with van der Waals surface area (Å²) in [4.78, 5) is 34.4. The molecule has 0 fully saturated rings. The Morgan fingerprint density at radius 1 is 1.22 bits per heavy atom. The van der Waals surface area contributed by atoms with Crippen molar-refractivity contribution in [3.8, 4) is 11.3 Å². The lowest BCUT2D eigenvalue weighted by atomic mass is 10.1. The average molecular weight is 329 g/mol. The molecule has 0 aliphatic carbocycles. The van der Waals surface area contributed by atoms with Gasteiger partial charge in [-0.25, -0.2) is 9.97 Å². The molecular formula is C16H13ClN4O2. The molecule has 3 heterocycles. The van der Waals surface area contributed by atoms with Gasteiger partial charge in [0.15, 0.2) is 5.78 Å². The summed E-state index contributed by atoms with van der Waals surface area (Å²) in [6.07, 6.45) is 1.60. The highest BCUT2D eigenvalue weighted by molar-refractivity contribution is 6.30. The van der Waals surface area contributed by atoms with Crippen LogP contribution in [-0.2, 0) is 4.79 Å². The number of rotatable bonds is 3. The molecule has 0 radical (unpaired) electrons. The van der Waals surface area contributed by atoms with Crippen LogP contribution in [0.4, 0.5) is 5.82 Å². The number of aromatic nitrogens is 3. The minimum Gasteiger partial charge on any atom is -0.353 e. The minimum absolute atomic E-state index is 0.0960. The van der Waals surface area contributed by atoms with Crippen LogP contribution in [0.5, 0.6) is 0 Å². The Hall–Kier alpha value is -2.73. The van der Waals surface area contributed by atoms with Gasteiger partial charge in [0.1, 0.15) is 11.0 Å². The van der Waals surface area contributed by atoms with Crippen molar-refractivity contribution in [2.75, 3.05) is 5.32 Å². The Morgan fingerprint density at radius 2 is 2.00 bits per heavy atom. The Labute approximate surface area is 136 Å². The second-order valence-corrected chi connectivity index (χ2v) is 5.49. The first kappa shape index (κ1) is 15.2. The maximum absolute atomic E-state index is 11.8. The number of hydrogen-bond acceptors (Lipinski definition) is 4. The van der Waals surface area contributed by atoms with Crippen molar-refractivity contribution in [1.82, 2.24) is 15.0 Å². The zero-order valence-electron chi connectivity index (χ0n) is 12.5. The molecule has 0 bridgehead atoms. The third-order valence-electron chi connectivity index (χ3n) is 3.31. The number of fused-ring (bicyclic) bond motifs is 1. The van der Waals surface area contributed by atoms with E-state index >= 15 is 0 Å². The van der Waals surface area contributed by atoms with E-state index in [1.807, 2.05) is 0 Å². The number of nitrogens with one attached hydrogen (secondary N) is 2. The van der Waals surface area contributed by atoms with Crippen LogP contribution in [0.15, 0.2) is 30.5 Å². The highest BCUT2D eigenvalue weighted by atomic mass is 35.5. The van der Waals surface area contributed by atoms with E-state index in [4.69, 9.17) is 11.6 Å². The fraction of sp³-hybridized carbons (Fsp3) is 0.125. The quantitative estimate of drug-likeness (QED) is 0.569. The number of carbonyl (C=O) groups is 2. The van der Waals surface area contributed by atoms with Gasteiger partial charge >= 0.3 is 0 Å². The summed E-state index contributed by atoms with van der Waals surface area (Å²) in [5.41, 5.74) is 3.30. The van der Waals surface area contributed by atoms with E-state index in [9.17, 15) is 9.59 Å². The molecule has 0 saturated heterocycles. The number of anilines is 1. The number of H-pyrrole nitrogens is 1. The summed E-state index contributed by atoms with van der Waals surface area (Å²) in [5.74, 6) is 0.159. The van der Waals surface area contributed by atoms with Crippen LogP contribution in [0.2, 0.25) is 5.15 Å². The largest absolute Gasteiger partial charge is 0.353 e. The van der Waals surface area contributed by atoms with E-state index in [1.165, 1.54) is 13.8 Å². The molecule has 3 rings (SSSR count). The number of halogens is 1. The standard InChI is InChI=1S/C16H13ClN4O2/c1-8(22)11-6-14(17)20-13-7-12(21-16(11)13)10-3-4-18-15(5-10)19-9(2)23/h3-7,21H,1-2H3,(H,18,19,23). The molecule has 0 spiro atoms. The Kier molecular flexibility index (Phi) is 3.83. The van der Waals surface area contributed by atoms with Crippen LogP contribution in [-0.4, -0.2) is 26.6 Å². The lowest BCUT2D eigenvalue weighted by molar-refractivity contribution is -0.114. The smallest absolute Gasteiger partial charge is 0.222 e. The van der Waals surface area contributed by atoms with E-state index in [0.29, 0.717) is 22.4 Å². The minimum atomic E-state index is -0.196. The Balaban J connectivity index is 2.12. The van der Waals surface area contributed by atoms with Gasteiger partial charge in [0.25, 0.3) is 0 Å². The predicted molar refractivity (Wildman–Crippen MR) is 88.6 cm³/mol. The van der Waals surface area contributed by atoms with Gasteiger partial charge in [-0.2, -0.15) is 0 Å². The normalized spacial score (nSPS) is 10.7. The number of ketones is 1. The van der Waals surface area contributed by atoms with Crippen LogP contribution in [0.1, 0.15) is 24.2 Å². The highest BCUT2D eigenvalue weighted by Gasteiger charge is 2.13. The summed E-state index contributed by atoms with van der Waals surface area (Å²) >= 11 is 5.97. The first-order valence-electron chi connectivity index (χ1n) is 6.88. The third kappa shape index (κ3) is 3.07. The molecule has 3 aromatic rings. The molecule has 0 aliphatic rings. The summed E-state index contributed by atoms with van der Waals surface area (Å²) in [6.45, 7) is 2.90. The monoisotopic (exact) mass is 328 g/mol. The number of hydrogen-bond donors (Lipinski definition) is 2. The predicted octanol–water partition coefficient (Wildman–Crippen LogP) is 3.44. The molecule has 3 aromatic heterocycles. The van der Waals surface area contributed by atoms with Crippen LogP contribution < -0.4 is 5.32 Å². The summed E-state index contributed by atoms with van der Waals surface area (Å²) in [7, 11) is 0. The molecule has 0 atom stereocenters. The molecule has 116 valence electrons. The zero-order valence-corrected chi connectivity index (χ0v) is 13.2. The lowest BCUT2D eigenvalue weighted by Crippen LogP contribution is -2.07. The Bertz CT molecular complexity index is 933. The molecule has 1 amide bonds. The number of nitrogens with zero attached hydrogens (tertiary/aromatic N) is 2. The van der Waals surface area contributed by atoms with Crippen molar-refractivity contribution in [1.29, 1.82) is 0 Å². The second-order valence-electron chi connectivity index (χ2n) is 5.10. The molecule has 0 unspecified atom stereocenters. The number of aromatic amines is 1. The van der Waals surface area contributed by atoms with E-state index in [-0.39, 0.29) is 16.8 Å². The van der Waals surface area contributed by atoms with Gasteiger partial charge in [0.2, 0.25) is 5.91 Å². The zero-order chi connectivity index (χ0) is 16.6. The number of pyridine rings is 2. The summed E-state index contributed by atoms with van der Waals surface area (Å²) in [5, 5.41) is 2.90. The molecule has 7 heteroatoms. The van der Waals surface area contributed by atoms with E-state index in [0.717, 1.165) is 11.3 Å². The topological polar surface area (TPSA) is 87.7 Å². The Morgan fingerprint density at radius 3 is 2.70 bits per heavy atom. The summed E-state index contributed by atoms with van der Waals surface area (Å²) in [6, 6.07) is 6.88. The van der Waals surface area contributed by atoms with Gasteiger partial charge in [-0.1, -0.05) is 11.6 Å². The van der Waals surface area contributed by atoms with Gasteiger partial charge < -0.3 is 10.3 Å². The highest BCUT2D eigenvalue weighted by Crippen LogP contribution is 2.28. The van der Waals surface area contributed by atoms with E-state index < -0.39 is 0 Å². The maximum atomic E-state index is 11.8. The molecular weight excluding hydrogens is 316 g/mol. The van der Waals surface area contributed by atoms with Gasteiger partial charge in [-0.15, -0.1) is 0 Å². The molecule has 6 nitrogen and oxygen atoms in total. The second kappa shape index (κ2) is 5.81. The lowest BCUT2D eigenvalue weighted by Gasteiger charge is -2.03. The molecule has 0 saturated carbocycles. The van der Waals surface area contributed by atoms with Crippen molar-refractivity contribution < 1.29 is 9.59 Å². The van der Waals surface area contributed by atoms with Crippen LogP contribution in [0, 0.1) is 0 Å². The van der Waals surface area contributed by atoms with Crippen molar-refractivity contribution in [2.45, 2.75) is 13.8 Å². The van der Waals surface area contributed by atoms with Gasteiger partial charge in [-0.05, 0) is 31.2 Å². The first-order valence-corrected chi connectivity index (χ1v) is 7.26. The molecule has 0 aliphatic heterocycles. The van der Waals surface area contributed by atoms with Crippen molar-refractivity contribution >= 4 is 40.1 Å². The first-order chi connectivity index (χ1) is 10.9. The van der Waals surface area contributed by atoms with E-state index in [2.05, 4.69) is 20.3 Å². The number of carbonyl (C=O) groups excluding carboxylic acids is 2. The fourth-order valence-corrected chi connectivity index (χ4v) is 2.56. The maximum Gasteiger partial charge on any atom is 0.222 e. The third-order valence-corrected chi connectivity index (χ3v) is 3.50. The number of amides is 1. The molecule has 23 heavy (non-hydrogen) atoms. The van der Waals surface area contributed by atoms with Crippen molar-refractivity contribution in [3.63, 3.8) is 0 Å². The van der Waals surface area contributed by atoms with Crippen molar-refractivity contribution in [3.05, 3.63) is 41.2 Å². The van der Waals surface area contributed by atoms with Gasteiger partial charge in [0, 0.05) is 29.9 Å². The average Bonchev–Trinajstić information content (AvgIpc) is 2.89. The molecule has 2 N–H and O–H groups in total. The summed E-state index contributed by atoms with van der Waals surface area (Å²) < 4.78 is 0. The van der Waals surface area contributed by atoms with Crippen LogP contribution in [0.25, 0.3) is 22.3 Å². The van der Waals surface area contributed by atoms with E-state index in [1.54, 1.807) is 30.5 Å². The number of Topliss-reactive ketones (excluding diaryl/α,β-unsaturated/α-hetero) is 1. The van der Waals surface area contributed by atoms with Gasteiger partial charge in [0.05, 0.1) is 11.0 Å². The molecule has 0 aromatic carbocycles. The van der Waals surface area contributed by atoms with Crippen LogP contribution in [0.3, 0.4) is 0 Å². The van der Waals surface area contributed by atoms with Gasteiger partial charge in [-0.3, -0.25) is 9.59 Å². The SMILES string of the molecule is CC(=O)Nc1cc(-c2cc3nc(Cl)cc(C(C)=O)c3[nH]2)ccn1.